The topological polar surface area (TPSA) is 59.0 Å². The molecular weight excluding hydrogens is 341 g/mol. The molecule has 2 heterocycles. The van der Waals surface area contributed by atoms with E-state index in [-0.39, 0.29) is 24.0 Å². The first kappa shape index (κ1) is 18.4. The van der Waals surface area contributed by atoms with E-state index in [2.05, 4.69) is 0 Å². The summed E-state index contributed by atoms with van der Waals surface area (Å²) in [5.41, 5.74) is -0.0801. The molecule has 1 N–H and O–H groups in total. The fraction of sp³-hybridized carbons (Fsp3) is 0.611. The van der Waals surface area contributed by atoms with Crippen molar-refractivity contribution in [2.45, 2.75) is 43.7 Å². The largest absolute Gasteiger partial charge is 0.497 e. The maximum atomic E-state index is 15.1. The van der Waals surface area contributed by atoms with Gasteiger partial charge in [-0.15, -0.1) is 0 Å². The number of aliphatic hydroxyl groups excluding tert-OH is 1. The molecule has 7 heteroatoms. The average Bonchev–Trinajstić information content (AvgIpc) is 2.96. The lowest BCUT2D eigenvalue weighted by Crippen LogP contribution is -2.44. The molecule has 2 aliphatic heterocycles. The maximum absolute atomic E-state index is 15.1. The predicted octanol–water partition coefficient (Wildman–Crippen LogP) is 2.83. The number of amides is 1. The van der Waals surface area contributed by atoms with E-state index in [0.29, 0.717) is 12.2 Å². The van der Waals surface area contributed by atoms with Crippen LogP contribution in [0.4, 0.5) is 9.80 Å². The molecule has 138 valence electrons. The fourth-order valence-electron chi connectivity index (χ4n) is 4.66. The second-order valence-corrected chi connectivity index (χ2v) is 11.3. The Kier molecular flexibility index (Phi) is 4.46. The molecule has 0 unspecified atom stereocenters. The van der Waals surface area contributed by atoms with Crippen LogP contribution < -0.4 is 9.64 Å². The first-order valence-corrected chi connectivity index (χ1v) is 11.6. The lowest BCUT2D eigenvalue weighted by Gasteiger charge is -2.31. The Bertz CT molecular complexity index is 692. The summed E-state index contributed by atoms with van der Waals surface area (Å²) in [7, 11) is 0.171. The zero-order valence-electron chi connectivity index (χ0n) is 15.4. The number of fused-ring (bicyclic) bond motifs is 2. The minimum atomic E-state index is -3.11. The van der Waals surface area contributed by atoms with Crippen molar-refractivity contribution in [3.05, 3.63) is 23.8 Å². The summed E-state index contributed by atoms with van der Waals surface area (Å²) in [5, 5.41) is 9.42. The van der Waals surface area contributed by atoms with Crippen molar-refractivity contribution in [3.8, 4) is 5.75 Å². The molecule has 1 spiro atoms. The Morgan fingerprint density at radius 2 is 2.12 bits per heavy atom. The van der Waals surface area contributed by atoms with E-state index in [1.807, 2.05) is 19.1 Å². The SMILES string of the molecule is COc1ccc2c(c1)[C@@]1(O[C@H](CCO)[C@@H]([Si](C)(C)F)[C@@H]1C)C(=O)N2C. The van der Waals surface area contributed by atoms with Gasteiger partial charge in [0.25, 0.3) is 5.91 Å². The third-order valence-corrected chi connectivity index (χ3v) is 8.17. The highest BCUT2D eigenvalue weighted by molar-refractivity contribution is 6.72. The number of rotatable bonds is 4. The minimum Gasteiger partial charge on any atom is -0.497 e. The summed E-state index contributed by atoms with van der Waals surface area (Å²) in [4.78, 5) is 14.8. The monoisotopic (exact) mass is 367 g/mol. The van der Waals surface area contributed by atoms with E-state index in [9.17, 15) is 9.90 Å². The number of carbonyl (C=O) groups is 1. The molecule has 1 aromatic carbocycles. The van der Waals surface area contributed by atoms with Crippen LogP contribution in [0.3, 0.4) is 0 Å². The molecule has 0 radical (unpaired) electrons. The van der Waals surface area contributed by atoms with Crippen LogP contribution in [-0.2, 0) is 15.1 Å². The number of methoxy groups -OCH3 is 1. The Balaban J connectivity index is 2.17. The third kappa shape index (κ3) is 2.52. The molecule has 4 atom stereocenters. The number of likely N-dealkylation sites (N-methyl/N-ethyl adjacent to an activating group) is 1. The lowest BCUT2D eigenvalue weighted by molar-refractivity contribution is -0.146. The van der Waals surface area contributed by atoms with E-state index >= 15 is 4.11 Å². The van der Waals surface area contributed by atoms with E-state index in [1.165, 1.54) is 0 Å². The molecule has 0 aliphatic carbocycles. The van der Waals surface area contributed by atoms with Gasteiger partial charge in [-0.3, -0.25) is 4.79 Å². The predicted molar refractivity (Wildman–Crippen MR) is 96.2 cm³/mol. The standard InChI is InChI=1S/C18H26FNO4Si/c1-11-16(25(4,5)19)15(8-9-21)24-18(11)13-10-12(23-3)6-7-14(13)20(2)17(18)22/h6-7,10-11,15-16,21H,8-9H2,1-5H3/t11-,15+,16-,18+/m0/s1. The van der Waals surface area contributed by atoms with Crippen molar-refractivity contribution in [1.29, 1.82) is 0 Å². The Labute approximate surface area is 148 Å². The number of benzene rings is 1. The van der Waals surface area contributed by atoms with Gasteiger partial charge in [0, 0.05) is 30.7 Å². The normalized spacial score (nSPS) is 31.7. The van der Waals surface area contributed by atoms with Gasteiger partial charge in [0.1, 0.15) is 5.75 Å². The number of carbonyl (C=O) groups excluding carboxylic acids is 1. The van der Waals surface area contributed by atoms with Crippen molar-refractivity contribution < 1.29 is 23.5 Å². The van der Waals surface area contributed by atoms with Crippen molar-refractivity contribution in [3.63, 3.8) is 0 Å². The Hall–Kier alpha value is -1.44. The second-order valence-electron chi connectivity index (χ2n) is 7.53. The molecule has 3 rings (SSSR count). The first-order valence-electron chi connectivity index (χ1n) is 8.62. The number of hydrogen-bond donors (Lipinski definition) is 1. The van der Waals surface area contributed by atoms with Gasteiger partial charge in [-0.1, -0.05) is 6.92 Å². The van der Waals surface area contributed by atoms with Gasteiger partial charge in [-0.05, 0) is 37.7 Å². The molecular formula is C18H26FNO4Si. The minimum absolute atomic E-state index is 0.0938. The first-order chi connectivity index (χ1) is 11.7. The van der Waals surface area contributed by atoms with E-state index in [0.717, 1.165) is 11.3 Å². The van der Waals surface area contributed by atoms with Crippen molar-refractivity contribution in [2.24, 2.45) is 5.92 Å². The van der Waals surface area contributed by atoms with Crippen LogP contribution in [0.2, 0.25) is 18.6 Å². The highest BCUT2D eigenvalue weighted by Crippen LogP contribution is 2.60. The van der Waals surface area contributed by atoms with Gasteiger partial charge in [0.15, 0.2) is 5.60 Å². The van der Waals surface area contributed by atoms with Crippen molar-refractivity contribution in [1.82, 2.24) is 0 Å². The lowest BCUT2D eigenvalue weighted by atomic mass is 9.82. The highest BCUT2D eigenvalue weighted by atomic mass is 28.4. The zero-order chi connectivity index (χ0) is 18.6. The summed E-state index contributed by atoms with van der Waals surface area (Å²) < 4.78 is 26.8. The number of ether oxygens (including phenoxy) is 2. The number of anilines is 1. The highest BCUT2D eigenvalue weighted by Gasteiger charge is 2.66. The van der Waals surface area contributed by atoms with Crippen LogP contribution >= 0.6 is 0 Å². The molecule has 0 saturated carbocycles. The van der Waals surface area contributed by atoms with Crippen molar-refractivity contribution >= 4 is 20.0 Å². The van der Waals surface area contributed by atoms with Gasteiger partial charge in [0.2, 0.25) is 8.41 Å². The maximum Gasteiger partial charge on any atom is 0.264 e. The summed E-state index contributed by atoms with van der Waals surface area (Å²) >= 11 is 0. The average molecular weight is 367 g/mol. The van der Waals surface area contributed by atoms with Crippen LogP contribution in [0.5, 0.6) is 5.75 Å². The van der Waals surface area contributed by atoms with Gasteiger partial charge in [0.05, 0.1) is 18.9 Å². The molecule has 1 saturated heterocycles. The van der Waals surface area contributed by atoms with E-state index < -0.39 is 20.1 Å². The summed E-state index contributed by atoms with van der Waals surface area (Å²) in [6.07, 6.45) is -0.144. The third-order valence-electron chi connectivity index (χ3n) is 5.71. The molecule has 2 aliphatic rings. The molecule has 1 amide bonds. The van der Waals surface area contributed by atoms with Crippen LogP contribution in [0.25, 0.3) is 0 Å². The van der Waals surface area contributed by atoms with Gasteiger partial charge >= 0.3 is 0 Å². The van der Waals surface area contributed by atoms with Gasteiger partial charge in [-0.2, -0.15) is 0 Å². The molecule has 0 aromatic heterocycles. The fourth-order valence-corrected chi connectivity index (χ4v) is 7.20. The number of hydrogen-bond acceptors (Lipinski definition) is 4. The quantitative estimate of drug-likeness (QED) is 0.657. The van der Waals surface area contributed by atoms with E-state index in [4.69, 9.17) is 9.47 Å². The number of halogens is 1. The van der Waals surface area contributed by atoms with Crippen LogP contribution in [0.15, 0.2) is 18.2 Å². The van der Waals surface area contributed by atoms with Crippen LogP contribution in [0, 0.1) is 5.92 Å². The number of aliphatic hydroxyl groups is 1. The number of nitrogens with zero attached hydrogens (tertiary/aromatic N) is 1. The van der Waals surface area contributed by atoms with Crippen molar-refractivity contribution in [2.75, 3.05) is 25.7 Å². The van der Waals surface area contributed by atoms with Gasteiger partial charge < -0.3 is 23.6 Å². The Morgan fingerprint density at radius 3 is 2.68 bits per heavy atom. The Morgan fingerprint density at radius 1 is 1.44 bits per heavy atom. The van der Waals surface area contributed by atoms with Crippen LogP contribution in [0.1, 0.15) is 18.9 Å². The molecule has 1 fully saturated rings. The summed E-state index contributed by atoms with van der Waals surface area (Å²) in [5.74, 6) is 0.141. The van der Waals surface area contributed by atoms with E-state index in [1.54, 1.807) is 38.2 Å². The molecule has 25 heavy (non-hydrogen) atoms. The second kappa shape index (κ2) is 6.07. The molecule has 0 bridgehead atoms. The summed E-state index contributed by atoms with van der Waals surface area (Å²) in [6, 6.07) is 5.46. The zero-order valence-corrected chi connectivity index (χ0v) is 16.4. The van der Waals surface area contributed by atoms with Gasteiger partial charge in [-0.25, -0.2) is 0 Å². The summed E-state index contributed by atoms with van der Waals surface area (Å²) in [6.45, 7) is 5.10. The smallest absolute Gasteiger partial charge is 0.264 e. The molecule has 5 nitrogen and oxygen atoms in total. The molecule has 1 aromatic rings. The van der Waals surface area contributed by atoms with Crippen LogP contribution in [-0.4, -0.2) is 46.3 Å².